The summed E-state index contributed by atoms with van der Waals surface area (Å²) in [6, 6.07) is 5.90. The molecule has 0 saturated carbocycles. The van der Waals surface area contributed by atoms with Gasteiger partial charge in [0.15, 0.2) is 0 Å². The fourth-order valence-electron chi connectivity index (χ4n) is 1.27. The smallest absolute Gasteiger partial charge is 0.0744 e. The Morgan fingerprint density at radius 1 is 1.53 bits per heavy atom. The predicted octanol–water partition coefficient (Wildman–Crippen LogP) is 2.39. The highest BCUT2D eigenvalue weighted by atomic mass is 79.9. The molecule has 1 aromatic carbocycles. The van der Waals surface area contributed by atoms with E-state index in [2.05, 4.69) is 21.2 Å². The molecule has 0 aliphatic heterocycles. The summed E-state index contributed by atoms with van der Waals surface area (Å²) < 4.78 is 6.14. The van der Waals surface area contributed by atoms with Crippen molar-refractivity contribution in [2.45, 2.75) is 19.6 Å². The third-order valence-corrected chi connectivity index (χ3v) is 2.74. The van der Waals surface area contributed by atoms with Crippen molar-refractivity contribution in [3.05, 3.63) is 28.2 Å². The van der Waals surface area contributed by atoms with Gasteiger partial charge in [0.2, 0.25) is 0 Å². The summed E-state index contributed by atoms with van der Waals surface area (Å²) in [4.78, 5) is 0. The fraction of sp³-hybridized carbons (Fsp3) is 0.455. The standard InChI is InChI=1S/C11H16BrNO2/c1-8(14)6-13-11-5-3-4-10(12)9(11)7-15-2/h3-5,8,13-14H,6-7H2,1-2H3/t8-/m0/s1. The summed E-state index contributed by atoms with van der Waals surface area (Å²) >= 11 is 3.47. The lowest BCUT2D eigenvalue weighted by Crippen LogP contribution is -2.16. The number of aliphatic hydroxyl groups is 1. The average molecular weight is 274 g/mol. The zero-order chi connectivity index (χ0) is 11.3. The first-order valence-electron chi connectivity index (χ1n) is 4.83. The van der Waals surface area contributed by atoms with Crippen LogP contribution in [-0.4, -0.2) is 24.9 Å². The zero-order valence-corrected chi connectivity index (χ0v) is 10.5. The molecule has 1 atom stereocenters. The third-order valence-electron chi connectivity index (χ3n) is 2.00. The highest BCUT2D eigenvalue weighted by Crippen LogP contribution is 2.25. The Kier molecular flexibility index (Phi) is 5.08. The number of hydrogen-bond donors (Lipinski definition) is 2. The predicted molar refractivity (Wildman–Crippen MR) is 65.0 cm³/mol. The van der Waals surface area contributed by atoms with E-state index in [0.29, 0.717) is 13.2 Å². The lowest BCUT2D eigenvalue weighted by molar-refractivity contribution is 0.184. The molecule has 3 nitrogen and oxygen atoms in total. The first-order valence-corrected chi connectivity index (χ1v) is 5.62. The molecule has 0 saturated heterocycles. The summed E-state index contributed by atoms with van der Waals surface area (Å²) in [6.07, 6.45) is -0.362. The Balaban J connectivity index is 2.80. The van der Waals surface area contributed by atoms with Crippen molar-refractivity contribution in [1.29, 1.82) is 0 Å². The molecule has 0 aromatic heterocycles. The van der Waals surface area contributed by atoms with Crippen LogP contribution < -0.4 is 5.32 Å². The Hall–Kier alpha value is -0.580. The molecular weight excluding hydrogens is 258 g/mol. The maximum Gasteiger partial charge on any atom is 0.0744 e. The zero-order valence-electron chi connectivity index (χ0n) is 8.96. The van der Waals surface area contributed by atoms with Gasteiger partial charge in [-0.1, -0.05) is 22.0 Å². The van der Waals surface area contributed by atoms with E-state index in [4.69, 9.17) is 4.74 Å². The molecule has 1 rings (SSSR count). The Bertz CT molecular complexity index is 315. The van der Waals surface area contributed by atoms with Gasteiger partial charge in [-0.2, -0.15) is 0 Å². The number of ether oxygens (including phenoxy) is 1. The lowest BCUT2D eigenvalue weighted by Gasteiger charge is -2.14. The first-order chi connectivity index (χ1) is 7.15. The molecule has 0 radical (unpaired) electrons. The van der Waals surface area contributed by atoms with Gasteiger partial charge in [0.05, 0.1) is 12.7 Å². The van der Waals surface area contributed by atoms with Crippen LogP contribution in [0.2, 0.25) is 0 Å². The number of aliphatic hydroxyl groups excluding tert-OH is 1. The van der Waals surface area contributed by atoms with Gasteiger partial charge in [-0.15, -0.1) is 0 Å². The van der Waals surface area contributed by atoms with Crippen LogP contribution in [0, 0.1) is 0 Å². The number of methoxy groups -OCH3 is 1. The molecule has 2 N–H and O–H groups in total. The normalized spacial score (nSPS) is 12.5. The quantitative estimate of drug-likeness (QED) is 0.866. The minimum atomic E-state index is -0.362. The molecule has 1 aromatic rings. The highest BCUT2D eigenvalue weighted by molar-refractivity contribution is 9.10. The number of anilines is 1. The SMILES string of the molecule is COCc1c(Br)cccc1NC[C@H](C)O. The molecule has 0 heterocycles. The Morgan fingerprint density at radius 3 is 2.87 bits per heavy atom. The monoisotopic (exact) mass is 273 g/mol. The van der Waals surface area contributed by atoms with E-state index in [1.165, 1.54) is 0 Å². The third kappa shape index (κ3) is 3.81. The van der Waals surface area contributed by atoms with E-state index in [1.54, 1.807) is 14.0 Å². The van der Waals surface area contributed by atoms with Crippen LogP contribution >= 0.6 is 15.9 Å². The van der Waals surface area contributed by atoms with Crippen LogP contribution in [0.15, 0.2) is 22.7 Å². The van der Waals surface area contributed by atoms with Crippen molar-refractivity contribution < 1.29 is 9.84 Å². The van der Waals surface area contributed by atoms with Crippen LogP contribution in [0.5, 0.6) is 0 Å². The van der Waals surface area contributed by atoms with Crippen molar-refractivity contribution >= 4 is 21.6 Å². The molecule has 0 aliphatic rings. The molecule has 0 spiro atoms. The second-order valence-corrected chi connectivity index (χ2v) is 4.28. The number of hydrogen-bond acceptors (Lipinski definition) is 3. The van der Waals surface area contributed by atoms with Gasteiger partial charge >= 0.3 is 0 Å². The maximum atomic E-state index is 9.20. The maximum absolute atomic E-state index is 9.20. The van der Waals surface area contributed by atoms with Gasteiger partial charge in [-0.05, 0) is 19.1 Å². The van der Waals surface area contributed by atoms with E-state index in [0.717, 1.165) is 15.7 Å². The van der Waals surface area contributed by atoms with Gasteiger partial charge < -0.3 is 15.2 Å². The van der Waals surface area contributed by atoms with Gasteiger partial charge in [0.1, 0.15) is 0 Å². The Morgan fingerprint density at radius 2 is 2.27 bits per heavy atom. The van der Waals surface area contributed by atoms with Crippen molar-refractivity contribution in [1.82, 2.24) is 0 Å². The van der Waals surface area contributed by atoms with Crippen LogP contribution in [0.25, 0.3) is 0 Å². The molecular formula is C11H16BrNO2. The van der Waals surface area contributed by atoms with Crippen LogP contribution in [0.3, 0.4) is 0 Å². The molecule has 0 amide bonds. The lowest BCUT2D eigenvalue weighted by atomic mass is 10.2. The summed E-state index contributed by atoms with van der Waals surface area (Å²) in [7, 11) is 1.66. The van der Waals surface area contributed by atoms with Crippen LogP contribution in [0.4, 0.5) is 5.69 Å². The van der Waals surface area contributed by atoms with E-state index in [-0.39, 0.29) is 6.10 Å². The molecule has 15 heavy (non-hydrogen) atoms. The number of nitrogens with one attached hydrogen (secondary N) is 1. The number of rotatable bonds is 5. The van der Waals surface area contributed by atoms with Gasteiger partial charge in [0.25, 0.3) is 0 Å². The fourth-order valence-corrected chi connectivity index (χ4v) is 1.75. The molecule has 0 aliphatic carbocycles. The largest absolute Gasteiger partial charge is 0.392 e. The molecule has 4 heteroatoms. The summed E-state index contributed by atoms with van der Waals surface area (Å²) in [5.74, 6) is 0. The molecule has 0 unspecified atom stereocenters. The molecule has 0 fully saturated rings. The number of halogens is 1. The minimum Gasteiger partial charge on any atom is -0.392 e. The van der Waals surface area contributed by atoms with Gasteiger partial charge in [-0.25, -0.2) is 0 Å². The summed E-state index contributed by atoms with van der Waals surface area (Å²) in [5, 5.41) is 12.4. The van der Waals surface area contributed by atoms with E-state index in [1.807, 2.05) is 18.2 Å². The van der Waals surface area contributed by atoms with E-state index >= 15 is 0 Å². The first kappa shape index (κ1) is 12.5. The Labute approximate surface area is 98.6 Å². The van der Waals surface area contributed by atoms with Crippen LogP contribution in [0.1, 0.15) is 12.5 Å². The van der Waals surface area contributed by atoms with Crippen molar-refractivity contribution in [2.75, 3.05) is 19.0 Å². The summed E-state index contributed by atoms with van der Waals surface area (Å²) in [5.41, 5.74) is 2.06. The van der Waals surface area contributed by atoms with Gasteiger partial charge in [-0.3, -0.25) is 0 Å². The van der Waals surface area contributed by atoms with Crippen molar-refractivity contribution in [2.24, 2.45) is 0 Å². The van der Waals surface area contributed by atoms with Gasteiger partial charge in [0, 0.05) is 29.4 Å². The van der Waals surface area contributed by atoms with E-state index < -0.39 is 0 Å². The second-order valence-electron chi connectivity index (χ2n) is 3.43. The van der Waals surface area contributed by atoms with Crippen molar-refractivity contribution in [3.63, 3.8) is 0 Å². The van der Waals surface area contributed by atoms with Crippen LogP contribution in [-0.2, 0) is 11.3 Å². The highest BCUT2D eigenvalue weighted by Gasteiger charge is 2.06. The van der Waals surface area contributed by atoms with Crippen molar-refractivity contribution in [3.8, 4) is 0 Å². The molecule has 0 bridgehead atoms. The molecule has 84 valence electrons. The second kappa shape index (κ2) is 6.10. The van der Waals surface area contributed by atoms with E-state index in [9.17, 15) is 5.11 Å². The topological polar surface area (TPSA) is 41.5 Å². The number of benzene rings is 1. The minimum absolute atomic E-state index is 0.362. The summed E-state index contributed by atoms with van der Waals surface area (Å²) in [6.45, 7) is 2.83. The average Bonchev–Trinajstić information content (AvgIpc) is 2.19.